The number of likely N-dealkylation sites (tertiary alicyclic amines) is 1. The molecule has 2 aliphatic heterocycles. The van der Waals surface area contributed by atoms with Crippen molar-refractivity contribution in [2.75, 3.05) is 33.3 Å². The number of urea groups is 1. The van der Waals surface area contributed by atoms with Crippen LogP contribution in [0.2, 0.25) is 0 Å². The predicted octanol–water partition coefficient (Wildman–Crippen LogP) is 1.39. The van der Waals surface area contributed by atoms with Gasteiger partial charge in [-0.1, -0.05) is 13.8 Å². The molecule has 1 aromatic heterocycles. The summed E-state index contributed by atoms with van der Waals surface area (Å²) >= 11 is 0. The molecule has 3 rings (SSSR count). The van der Waals surface area contributed by atoms with Gasteiger partial charge in [0.1, 0.15) is 12.1 Å². The fourth-order valence-corrected chi connectivity index (χ4v) is 4.15. The normalized spacial score (nSPS) is 18.9. The third kappa shape index (κ3) is 3.61. The Kier molecular flexibility index (Phi) is 5.68. The number of aromatic amines is 1. The van der Waals surface area contributed by atoms with Crippen LogP contribution in [0, 0.1) is 12.8 Å². The summed E-state index contributed by atoms with van der Waals surface area (Å²) in [5.74, 6) is -0.941. The van der Waals surface area contributed by atoms with E-state index in [9.17, 15) is 19.2 Å². The van der Waals surface area contributed by atoms with E-state index >= 15 is 0 Å². The van der Waals surface area contributed by atoms with Crippen LogP contribution in [0.25, 0.3) is 0 Å². The van der Waals surface area contributed by atoms with Crippen LogP contribution < -0.4 is 0 Å². The number of esters is 1. The number of carbonyl (C=O) groups excluding carboxylic acids is 4. The molecule has 2 aliphatic rings. The molecule has 0 aromatic carbocycles. The molecule has 0 radical (unpaired) electrons. The van der Waals surface area contributed by atoms with Gasteiger partial charge in [0, 0.05) is 31.5 Å². The van der Waals surface area contributed by atoms with Gasteiger partial charge in [0.15, 0.2) is 0 Å². The summed E-state index contributed by atoms with van der Waals surface area (Å²) in [5.41, 5.74) is 0.397. The van der Waals surface area contributed by atoms with Gasteiger partial charge in [0.2, 0.25) is 0 Å². The van der Waals surface area contributed by atoms with Crippen LogP contribution in [0.3, 0.4) is 0 Å². The molecule has 9 heteroatoms. The molecule has 0 saturated carbocycles. The van der Waals surface area contributed by atoms with Crippen molar-refractivity contribution in [1.29, 1.82) is 0 Å². The van der Waals surface area contributed by atoms with E-state index in [0.717, 1.165) is 10.6 Å². The molecular formula is C20H28N4O5. The van der Waals surface area contributed by atoms with E-state index in [1.807, 2.05) is 20.8 Å². The first-order valence-corrected chi connectivity index (χ1v) is 9.85. The summed E-state index contributed by atoms with van der Waals surface area (Å²) in [6, 6.07) is 1.28. The molecule has 0 unspecified atom stereocenters. The van der Waals surface area contributed by atoms with Crippen molar-refractivity contribution in [2.45, 2.75) is 39.2 Å². The molecule has 0 bridgehead atoms. The Bertz CT molecular complexity index is 823. The maximum Gasteiger partial charge on any atom is 0.328 e. The first-order chi connectivity index (χ1) is 13.7. The molecule has 29 heavy (non-hydrogen) atoms. The van der Waals surface area contributed by atoms with E-state index < -0.39 is 24.1 Å². The number of H-pyrrole nitrogens is 1. The van der Waals surface area contributed by atoms with Gasteiger partial charge >= 0.3 is 12.0 Å². The van der Waals surface area contributed by atoms with Crippen molar-refractivity contribution in [1.82, 2.24) is 19.7 Å². The Balaban J connectivity index is 1.82. The molecule has 1 N–H and O–H groups in total. The van der Waals surface area contributed by atoms with Gasteiger partial charge in [-0.15, -0.1) is 0 Å². The molecular weight excluding hydrogens is 376 g/mol. The number of aryl methyl sites for hydroxylation is 1. The smallest absolute Gasteiger partial charge is 0.328 e. The number of imide groups is 1. The van der Waals surface area contributed by atoms with Gasteiger partial charge in [-0.25, -0.2) is 4.79 Å². The highest BCUT2D eigenvalue weighted by molar-refractivity contribution is 6.09. The lowest BCUT2D eigenvalue weighted by molar-refractivity contribution is -0.146. The maximum absolute atomic E-state index is 13.2. The fraction of sp³-hybridized carbons (Fsp3) is 0.600. The molecule has 0 aliphatic carbocycles. The van der Waals surface area contributed by atoms with Gasteiger partial charge in [0.25, 0.3) is 11.8 Å². The van der Waals surface area contributed by atoms with E-state index in [1.165, 1.54) is 7.11 Å². The number of rotatable bonds is 5. The Labute approximate surface area is 170 Å². The van der Waals surface area contributed by atoms with Gasteiger partial charge in [-0.05, 0) is 31.7 Å². The molecule has 9 nitrogen and oxygen atoms in total. The molecule has 4 amide bonds. The van der Waals surface area contributed by atoms with Crippen molar-refractivity contribution in [3.05, 3.63) is 23.5 Å². The molecule has 1 aromatic rings. The van der Waals surface area contributed by atoms with Crippen LogP contribution in [0.5, 0.6) is 0 Å². The molecule has 3 heterocycles. The first kappa shape index (κ1) is 20.9. The van der Waals surface area contributed by atoms with E-state index in [4.69, 9.17) is 0 Å². The third-order valence-corrected chi connectivity index (χ3v) is 5.75. The lowest BCUT2D eigenvalue weighted by Gasteiger charge is -2.42. The number of carbonyl (C=O) groups is 4. The van der Waals surface area contributed by atoms with E-state index in [-0.39, 0.29) is 17.7 Å². The minimum absolute atomic E-state index is 0.0859. The summed E-state index contributed by atoms with van der Waals surface area (Å²) in [4.78, 5) is 58.0. The van der Waals surface area contributed by atoms with Crippen molar-refractivity contribution in [3.8, 4) is 0 Å². The zero-order valence-electron chi connectivity index (χ0n) is 17.4. The highest BCUT2D eigenvalue weighted by Crippen LogP contribution is 2.38. The number of amides is 4. The van der Waals surface area contributed by atoms with Crippen LogP contribution in [-0.4, -0.2) is 82.3 Å². The summed E-state index contributed by atoms with van der Waals surface area (Å²) < 4.78 is 4.64. The van der Waals surface area contributed by atoms with Gasteiger partial charge in [-0.2, -0.15) is 0 Å². The quantitative estimate of drug-likeness (QED) is 0.590. The zero-order valence-corrected chi connectivity index (χ0v) is 17.4. The van der Waals surface area contributed by atoms with Gasteiger partial charge < -0.3 is 19.5 Å². The minimum Gasteiger partial charge on any atom is -0.468 e. The topological polar surface area (TPSA) is 103 Å². The Hall–Kier alpha value is -2.84. The first-order valence-electron chi connectivity index (χ1n) is 9.85. The second-order valence-corrected chi connectivity index (χ2v) is 8.09. The largest absolute Gasteiger partial charge is 0.468 e. The molecule has 2 saturated heterocycles. The number of ether oxygens (including phenoxy) is 1. The number of aromatic nitrogens is 1. The lowest BCUT2D eigenvalue weighted by Crippen LogP contribution is -2.58. The summed E-state index contributed by atoms with van der Waals surface area (Å²) in [6.45, 7) is 6.53. The standard InChI is InChI=1S/C20H28N4O5/c1-13(2)11-24-19(28)23(12-16(25)29-4)18(27)20(24)6-9-22(10-7-20)17(26)15-5-8-21-14(15)3/h5,8,13,21H,6-7,9-12H2,1-4H3. The monoisotopic (exact) mass is 404 g/mol. The Morgan fingerprint density at radius 2 is 1.90 bits per heavy atom. The molecule has 158 valence electrons. The fourth-order valence-electron chi connectivity index (χ4n) is 4.15. The van der Waals surface area contributed by atoms with Crippen LogP contribution in [0.1, 0.15) is 42.7 Å². The summed E-state index contributed by atoms with van der Waals surface area (Å²) in [7, 11) is 1.22. The van der Waals surface area contributed by atoms with Crippen molar-refractivity contribution in [2.24, 2.45) is 5.92 Å². The molecule has 2 fully saturated rings. The SMILES string of the molecule is COC(=O)CN1C(=O)N(CC(C)C)C2(CCN(C(=O)c3cc[nH]c3C)CC2)C1=O. The number of piperidine rings is 1. The number of hydrogen-bond donors (Lipinski definition) is 1. The van der Waals surface area contributed by atoms with Gasteiger partial charge in [0.05, 0.1) is 12.7 Å². The number of nitrogens with one attached hydrogen (secondary N) is 1. The highest BCUT2D eigenvalue weighted by atomic mass is 16.5. The number of hydrogen-bond acceptors (Lipinski definition) is 5. The Morgan fingerprint density at radius 1 is 1.24 bits per heavy atom. The zero-order chi connectivity index (χ0) is 21.3. The van der Waals surface area contributed by atoms with Gasteiger partial charge in [-0.3, -0.25) is 19.3 Å². The van der Waals surface area contributed by atoms with E-state index in [0.29, 0.717) is 38.0 Å². The van der Waals surface area contributed by atoms with Crippen LogP contribution in [0.15, 0.2) is 12.3 Å². The predicted molar refractivity (Wildman–Crippen MR) is 104 cm³/mol. The van der Waals surface area contributed by atoms with Crippen LogP contribution in [0.4, 0.5) is 4.79 Å². The summed E-state index contributed by atoms with van der Waals surface area (Å²) in [5, 5.41) is 0. The minimum atomic E-state index is -1.01. The second-order valence-electron chi connectivity index (χ2n) is 8.09. The van der Waals surface area contributed by atoms with Crippen molar-refractivity contribution < 1.29 is 23.9 Å². The average molecular weight is 404 g/mol. The maximum atomic E-state index is 13.2. The van der Waals surface area contributed by atoms with Crippen molar-refractivity contribution in [3.63, 3.8) is 0 Å². The average Bonchev–Trinajstić information content (AvgIpc) is 3.20. The lowest BCUT2D eigenvalue weighted by atomic mass is 9.85. The third-order valence-electron chi connectivity index (χ3n) is 5.75. The van der Waals surface area contributed by atoms with Crippen LogP contribution >= 0.6 is 0 Å². The number of nitrogens with zero attached hydrogens (tertiary/aromatic N) is 3. The van der Waals surface area contributed by atoms with Crippen molar-refractivity contribution >= 4 is 23.8 Å². The molecule has 0 atom stereocenters. The second kappa shape index (κ2) is 7.88. The number of methoxy groups -OCH3 is 1. The van der Waals surface area contributed by atoms with Crippen LogP contribution in [-0.2, 0) is 14.3 Å². The highest BCUT2D eigenvalue weighted by Gasteiger charge is 2.58. The van der Waals surface area contributed by atoms with E-state index in [1.54, 1.807) is 22.1 Å². The molecule has 1 spiro atoms. The summed E-state index contributed by atoms with van der Waals surface area (Å²) in [6.07, 6.45) is 2.41. The Morgan fingerprint density at radius 3 is 2.41 bits per heavy atom. The van der Waals surface area contributed by atoms with E-state index in [2.05, 4.69) is 9.72 Å².